The van der Waals surface area contributed by atoms with Gasteiger partial charge in [-0.2, -0.15) is 0 Å². The number of hydrogen-bond acceptors (Lipinski definition) is 3. The lowest BCUT2D eigenvalue weighted by Gasteiger charge is -2.09. The van der Waals surface area contributed by atoms with Crippen molar-refractivity contribution >= 4 is 11.9 Å². The van der Waals surface area contributed by atoms with Crippen molar-refractivity contribution < 1.29 is 14.7 Å². The molecule has 19 heavy (non-hydrogen) atoms. The van der Waals surface area contributed by atoms with Gasteiger partial charge in [-0.15, -0.1) is 0 Å². The van der Waals surface area contributed by atoms with Crippen molar-refractivity contribution in [3.05, 3.63) is 35.9 Å². The second-order valence-corrected chi connectivity index (χ2v) is 3.73. The van der Waals surface area contributed by atoms with Crippen LogP contribution in [0.5, 0.6) is 0 Å². The SMILES string of the molecule is CC.N[C@H](CC(=O)O)C(=O)NCCc1ccccc1. The third-order valence-corrected chi connectivity index (χ3v) is 2.29. The average molecular weight is 266 g/mol. The van der Waals surface area contributed by atoms with Gasteiger partial charge in [-0.05, 0) is 12.0 Å². The van der Waals surface area contributed by atoms with E-state index in [1.165, 1.54) is 0 Å². The molecule has 0 aliphatic rings. The number of amides is 1. The molecule has 1 aromatic rings. The largest absolute Gasteiger partial charge is 0.481 e. The van der Waals surface area contributed by atoms with Crippen LogP contribution in [0.15, 0.2) is 30.3 Å². The van der Waals surface area contributed by atoms with Gasteiger partial charge < -0.3 is 16.2 Å². The maximum atomic E-state index is 11.4. The summed E-state index contributed by atoms with van der Waals surface area (Å²) in [7, 11) is 0. The van der Waals surface area contributed by atoms with E-state index >= 15 is 0 Å². The van der Waals surface area contributed by atoms with E-state index < -0.39 is 17.9 Å². The van der Waals surface area contributed by atoms with E-state index in [1.54, 1.807) is 0 Å². The van der Waals surface area contributed by atoms with Crippen molar-refractivity contribution in [3.63, 3.8) is 0 Å². The minimum absolute atomic E-state index is 0.350. The minimum atomic E-state index is -1.07. The van der Waals surface area contributed by atoms with Gasteiger partial charge >= 0.3 is 5.97 Å². The minimum Gasteiger partial charge on any atom is -0.481 e. The Bertz CT molecular complexity index is 380. The molecule has 0 bridgehead atoms. The second kappa shape index (κ2) is 10.1. The zero-order chi connectivity index (χ0) is 14.7. The van der Waals surface area contributed by atoms with E-state index in [0.717, 1.165) is 5.56 Å². The first kappa shape index (κ1) is 17.1. The number of nitrogens with one attached hydrogen (secondary N) is 1. The fourth-order valence-electron chi connectivity index (χ4n) is 1.39. The first-order valence-corrected chi connectivity index (χ1v) is 6.38. The van der Waals surface area contributed by atoms with Crippen LogP contribution in [0.4, 0.5) is 0 Å². The van der Waals surface area contributed by atoms with Gasteiger partial charge in [0.2, 0.25) is 5.91 Å². The highest BCUT2D eigenvalue weighted by Gasteiger charge is 2.15. The summed E-state index contributed by atoms with van der Waals surface area (Å²) < 4.78 is 0. The van der Waals surface area contributed by atoms with Crippen molar-refractivity contribution in [3.8, 4) is 0 Å². The first-order chi connectivity index (χ1) is 9.09. The maximum Gasteiger partial charge on any atom is 0.305 e. The number of hydrogen-bond donors (Lipinski definition) is 3. The molecule has 5 heteroatoms. The van der Waals surface area contributed by atoms with Crippen LogP contribution >= 0.6 is 0 Å². The average Bonchev–Trinajstić information content (AvgIpc) is 2.41. The Morgan fingerprint density at radius 3 is 2.37 bits per heavy atom. The van der Waals surface area contributed by atoms with Crippen LogP contribution < -0.4 is 11.1 Å². The number of nitrogens with two attached hydrogens (primary N) is 1. The third-order valence-electron chi connectivity index (χ3n) is 2.29. The van der Waals surface area contributed by atoms with Crippen LogP contribution in [0.3, 0.4) is 0 Å². The number of benzene rings is 1. The molecule has 1 atom stereocenters. The van der Waals surface area contributed by atoms with E-state index in [9.17, 15) is 9.59 Å². The molecule has 1 aromatic carbocycles. The molecule has 1 rings (SSSR count). The summed E-state index contributed by atoms with van der Waals surface area (Å²) in [5.74, 6) is -1.50. The number of carbonyl (C=O) groups excluding carboxylic acids is 1. The summed E-state index contributed by atoms with van der Waals surface area (Å²) in [5.41, 5.74) is 6.52. The molecule has 0 unspecified atom stereocenters. The zero-order valence-electron chi connectivity index (χ0n) is 11.4. The van der Waals surface area contributed by atoms with E-state index in [4.69, 9.17) is 10.8 Å². The lowest BCUT2D eigenvalue weighted by molar-refractivity contribution is -0.139. The Kier molecular flexibility index (Phi) is 9.08. The summed E-state index contributed by atoms with van der Waals surface area (Å²) in [5, 5.41) is 11.1. The topological polar surface area (TPSA) is 92.4 Å². The van der Waals surface area contributed by atoms with Crippen molar-refractivity contribution in [2.45, 2.75) is 32.7 Å². The fourth-order valence-corrected chi connectivity index (χ4v) is 1.39. The Balaban J connectivity index is 0.00000154. The Morgan fingerprint density at radius 2 is 1.84 bits per heavy atom. The van der Waals surface area contributed by atoms with Crippen molar-refractivity contribution in [1.82, 2.24) is 5.32 Å². The smallest absolute Gasteiger partial charge is 0.305 e. The molecule has 0 heterocycles. The molecule has 0 aromatic heterocycles. The predicted molar refractivity (Wildman–Crippen MR) is 74.7 cm³/mol. The Hall–Kier alpha value is -1.88. The highest BCUT2D eigenvalue weighted by Crippen LogP contribution is 1.98. The third kappa shape index (κ3) is 7.94. The van der Waals surface area contributed by atoms with Crippen LogP contribution in [-0.2, 0) is 16.0 Å². The quantitative estimate of drug-likeness (QED) is 0.720. The summed E-state index contributed by atoms with van der Waals surface area (Å²) in [6.07, 6.45) is 0.351. The van der Waals surface area contributed by atoms with Crippen LogP contribution in [0, 0.1) is 0 Å². The Morgan fingerprint density at radius 1 is 1.26 bits per heavy atom. The van der Waals surface area contributed by atoms with Crippen LogP contribution in [-0.4, -0.2) is 29.6 Å². The summed E-state index contributed by atoms with van der Waals surface area (Å²) >= 11 is 0. The van der Waals surface area contributed by atoms with Crippen molar-refractivity contribution in [2.24, 2.45) is 5.73 Å². The van der Waals surface area contributed by atoms with Gasteiger partial charge in [-0.25, -0.2) is 0 Å². The normalized spacial score (nSPS) is 10.9. The molecule has 5 nitrogen and oxygen atoms in total. The summed E-state index contributed by atoms with van der Waals surface area (Å²) in [6.45, 7) is 4.45. The number of rotatable bonds is 6. The van der Waals surface area contributed by atoms with Gasteiger partial charge in [0.25, 0.3) is 0 Å². The number of carboxylic acids is 1. The number of carboxylic acid groups (broad SMARTS) is 1. The monoisotopic (exact) mass is 266 g/mol. The molecular formula is C14H22N2O3. The number of aliphatic carboxylic acids is 1. The second-order valence-electron chi connectivity index (χ2n) is 3.73. The zero-order valence-corrected chi connectivity index (χ0v) is 11.4. The fraction of sp³-hybridized carbons (Fsp3) is 0.429. The van der Waals surface area contributed by atoms with Crippen molar-refractivity contribution in [2.75, 3.05) is 6.54 Å². The van der Waals surface area contributed by atoms with Gasteiger partial charge in [-0.3, -0.25) is 9.59 Å². The van der Waals surface area contributed by atoms with Crippen LogP contribution in [0.1, 0.15) is 25.8 Å². The van der Waals surface area contributed by atoms with Crippen molar-refractivity contribution in [1.29, 1.82) is 0 Å². The molecule has 106 valence electrons. The van der Waals surface area contributed by atoms with Crippen LogP contribution in [0.25, 0.3) is 0 Å². The first-order valence-electron chi connectivity index (χ1n) is 6.38. The molecule has 0 radical (unpaired) electrons. The molecule has 0 fully saturated rings. The summed E-state index contributed by atoms with van der Waals surface area (Å²) in [4.78, 5) is 21.7. The molecule has 0 aliphatic heterocycles. The van der Waals surface area contributed by atoms with E-state index in [1.807, 2.05) is 44.2 Å². The molecular weight excluding hydrogens is 244 g/mol. The van der Waals surface area contributed by atoms with E-state index in [0.29, 0.717) is 13.0 Å². The van der Waals surface area contributed by atoms with Gasteiger partial charge in [0.1, 0.15) is 0 Å². The molecule has 0 aliphatic carbocycles. The van der Waals surface area contributed by atoms with Gasteiger partial charge in [0, 0.05) is 6.54 Å². The molecule has 4 N–H and O–H groups in total. The van der Waals surface area contributed by atoms with Gasteiger partial charge in [0.05, 0.1) is 12.5 Å². The lowest BCUT2D eigenvalue weighted by atomic mass is 10.1. The highest BCUT2D eigenvalue weighted by molar-refractivity contribution is 5.85. The standard InChI is InChI=1S/C12H16N2O3.C2H6/c13-10(8-11(15)16)12(17)14-7-6-9-4-2-1-3-5-9;1-2/h1-5,10H,6-8,13H2,(H,14,17)(H,15,16);1-2H3/t10-;/m1./s1. The molecule has 0 saturated heterocycles. The van der Waals surface area contributed by atoms with Gasteiger partial charge in [0.15, 0.2) is 0 Å². The summed E-state index contributed by atoms with van der Waals surface area (Å²) in [6, 6.07) is 8.71. The van der Waals surface area contributed by atoms with Crippen LogP contribution in [0.2, 0.25) is 0 Å². The lowest BCUT2D eigenvalue weighted by Crippen LogP contribution is -2.42. The Labute approximate surface area is 113 Å². The van der Waals surface area contributed by atoms with E-state index in [2.05, 4.69) is 5.32 Å². The molecule has 0 spiro atoms. The van der Waals surface area contributed by atoms with Gasteiger partial charge in [-0.1, -0.05) is 44.2 Å². The molecule has 1 amide bonds. The highest BCUT2D eigenvalue weighted by atomic mass is 16.4. The van der Waals surface area contributed by atoms with E-state index in [-0.39, 0.29) is 6.42 Å². The predicted octanol–water partition coefficient (Wildman–Crippen LogP) is 1.17. The number of carbonyl (C=O) groups is 2. The maximum absolute atomic E-state index is 11.4. The molecule has 0 saturated carbocycles.